The van der Waals surface area contributed by atoms with Crippen LogP contribution >= 0.6 is 0 Å². The van der Waals surface area contributed by atoms with Crippen molar-refractivity contribution >= 4 is 11.0 Å². The molecule has 0 unspecified atom stereocenters. The molecule has 0 spiro atoms. The van der Waals surface area contributed by atoms with Gasteiger partial charge in [-0.1, -0.05) is 19.3 Å². The first-order valence-electron chi connectivity index (χ1n) is 6.40. The van der Waals surface area contributed by atoms with Gasteiger partial charge in [-0.25, -0.2) is 9.67 Å². The zero-order valence-corrected chi connectivity index (χ0v) is 9.97. The molecule has 2 N–H and O–H groups in total. The lowest BCUT2D eigenvalue weighted by Crippen LogP contribution is -2.14. The van der Waals surface area contributed by atoms with Crippen LogP contribution in [-0.2, 0) is 6.54 Å². The third-order valence-corrected chi connectivity index (χ3v) is 3.65. The molecule has 4 heteroatoms. The SMILES string of the molecule is NCc1cnc2c(cnn2C2CCCCC2)c1. The molecule has 1 fully saturated rings. The fourth-order valence-corrected chi connectivity index (χ4v) is 2.69. The summed E-state index contributed by atoms with van der Waals surface area (Å²) in [5.74, 6) is 0. The van der Waals surface area contributed by atoms with Gasteiger partial charge in [0.2, 0.25) is 0 Å². The lowest BCUT2D eigenvalue weighted by atomic mass is 9.96. The van der Waals surface area contributed by atoms with Gasteiger partial charge in [-0.2, -0.15) is 5.10 Å². The van der Waals surface area contributed by atoms with E-state index in [9.17, 15) is 0 Å². The summed E-state index contributed by atoms with van der Waals surface area (Å²) in [4.78, 5) is 4.51. The highest BCUT2D eigenvalue weighted by atomic mass is 15.3. The first-order chi connectivity index (χ1) is 8.38. The van der Waals surface area contributed by atoms with Crippen molar-refractivity contribution in [2.75, 3.05) is 0 Å². The number of aromatic nitrogens is 3. The monoisotopic (exact) mass is 230 g/mol. The Morgan fingerprint density at radius 1 is 1.24 bits per heavy atom. The van der Waals surface area contributed by atoms with Crippen molar-refractivity contribution in [3.8, 4) is 0 Å². The van der Waals surface area contributed by atoms with Gasteiger partial charge in [0.15, 0.2) is 5.65 Å². The zero-order valence-electron chi connectivity index (χ0n) is 9.97. The van der Waals surface area contributed by atoms with E-state index in [0.717, 1.165) is 16.6 Å². The molecule has 0 amide bonds. The number of pyridine rings is 1. The summed E-state index contributed by atoms with van der Waals surface area (Å²) in [6.45, 7) is 0.539. The third-order valence-electron chi connectivity index (χ3n) is 3.65. The van der Waals surface area contributed by atoms with Crippen molar-refractivity contribution in [2.45, 2.75) is 44.7 Å². The Morgan fingerprint density at radius 3 is 2.82 bits per heavy atom. The lowest BCUT2D eigenvalue weighted by Gasteiger charge is -2.22. The van der Waals surface area contributed by atoms with E-state index in [-0.39, 0.29) is 0 Å². The number of nitrogens with zero attached hydrogens (tertiary/aromatic N) is 3. The van der Waals surface area contributed by atoms with Gasteiger partial charge in [0, 0.05) is 18.1 Å². The molecule has 17 heavy (non-hydrogen) atoms. The second kappa shape index (κ2) is 4.45. The molecule has 1 aliphatic rings. The standard InChI is InChI=1S/C13H18N4/c14-7-10-6-11-9-16-17(13(11)15-8-10)12-4-2-1-3-5-12/h6,8-9,12H,1-5,7,14H2. The fourth-order valence-electron chi connectivity index (χ4n) is 2.69. The number of hydrogen-bond acceptors (Lipinski definition) is 3. The van der Waals surface area contributed by atoms with E-state index in [0.29, 0.717) is 12.6 Å². The molecule has 3 rings (SSSR count). The van der Waals surface area contributed by atoms with Crippen LogP contribution < -0.4 is 5.73 Å². The minimum atomic E-state index is 0.539. The van der Waals surface area contributed by atoms with Gasteiger partial charge in [0.1, 0.15) is 0 Å². The molecule has 90 valence electrons. The number of nitrogens with two attached hydrogens (primary N) is 1. The van der Waals surface area contributed by atoms with E-state index in [1.165, 1.54) is 32.1 Å². The second-order valence-electron chi connectivity index (χ2n) is 4.84. The summed E-state index contributed by atoms with van der Waals surface area (Å²) in [5, 5.41) is 5.62. The average molecular weight is 230 g/mol. The van der Waals surface area contributed by atoms with Crippen molar-refractivity contribution in [1.29, 1.82) is 0 Å². The van der Waals surface area contributed by atoms with Crippen molar-refractivity contribution in [3.05, 3.63) is 24.0 Å². The molecular formula is C13H18N4. The van der Waals surface area contributed by atoms with E-state index in [1.54, 1.807) is 0 Å². The van der Waals surface area contributed by atoms with Crippen molar-refractivity contribution in [2.24, 2.45) is 5.73 Å². The first kappa shape index (κ1) is 10.7. The highest BCUT2D eigenvalue weighted by Gasteiger charge is 2.18. The molecule has 0 aliphatic heterocycles. The highest BCUT2D eigenvalue weighted by molar-refractivity contribution is 5.75. The fraction of sp³-hybridized carbons (Fsp3) is 0.538. The van der Waals surface area contributed by atoms with E-state index >= 15 is 0 Å². The van der Waals surface area contributed by atoms with Crippen molar-refractivity contribution in [3.63, 3.8) is 0 Å². The molecule has 0 aromatic carbocycles. The van der Waals surface area contributed by atoms with Crippen LogP contribution in [0.25, 0.3) is 11.0 Å². The van der Waals surface area contributed by atoms with E-state index in [1.807, 2.05) is 12.4 Å². The Labute approximate surface area is 101 Å². The smallest absolute Gasteiger partial charge is 0.157 e. The Bertz CT molecular complexity index is 511. The summed E-state index contributed by atoms with van der Waals surface area (Å²) >= 11 is 0. The topological polar surface area (TPSA) is 56.7 Å². The maximum atomic E-state index is 5.62. The van der Waals surface area contributed by atoms with Gasteiger partial charge >= 0.3 is 0 Å². The summed E-state index contributed by atoms with van der Waals surface area (Å²) in [7, 11) is 0. The largest absolute Gasteiger partial charge is 0.326 e. The summed E-state index contributed by atoms with van der Waals surface area (Å²) in [5.41, 5.74) is 7.70. The molecule has 0 bridgehead atoms. The summed E-state index contributed by atoms with van der Waals surface area (Å²) in [6, 6.07) is 2.63. The van der Waals surface area contributed by atoms with Gasteiger partial charge in [0.25, 0.3) is 0 Å². The minimum absolute atomic E-state index is 0.539. The molecule has 2 aromatic heterocycles. The zero-order chi connectivity index (χ0) is 11.7. The molecule has 2 heterocycles. The maximum absolute atomic E-state index is 5.62. The Kier molecular flexibility index (Phi) is 2.81. The van der Waals surface area contributed by atoms with Gasteiger partial charge < -0.3 is 5.73 Å². The Balaban J connectivity index is 1.99. The molecule has 2 aromatic rings. The molecule has 0 saturated heterocycles. The molecule has 0 atom stereocenters. The third kappa shape index (κ3) is 1.93. The van der Waals surface area contributed by atoms with Crippen LogP contribution in [0.1, 0.15) is 43.7 Å². The van der Waals surface area contributed by atoms with Crippen molar-refractivity contribution < 1.29 is 0 Å². The number of rotatable bonds is 2. The van der Waals surface area contributed by atoms with Crippen LogP contribution in [0.2, 0.25) is 0 Å². The van der Waals surface area contributed by atoms with Gasteiger partial charge in [0.05, 0.1) is 12.2 Å². The quantitative estimate of drug-likeness (QED) is 0.861. The van der Waals surface area contributed by atoms with Crippen LogP contribution in [0.5, 0.6) is 0 Å². The van der Waals surface area contributed by atoms with E-state index in [4.69, 9.17) is 5.73 Å². The second-order valence-corrected chi connectivity index (χ2v) is 4.84. The molecular weight excluding hydrogens is 212 g/mol. The van der Waals surface area contributed by atoms with Crippen LogP contribution in [0.15, 0.2) is 18.5 Å². The minimum Gasteiger partial charge on any atom is -0.326 e. The van der Waals surface area contributed by atoms with Crippen LogP contribution in [-0.4, -0.2) is 14.8 Å². The Hall–Kier alpha value is -1.42. The van der Waals surface area contributed by atoms with Crippen LogP contribution in [0.4, 0.5) is 0 Å². The Morgan fingerprint density at radius 2 is 2.06 bits per heavy atom. The summed E-state index contributed by atoms with van der Waals surface area (Å²) < 4.78 is 2.11. The number of fused-ring (bicyclic) bond motifs is 1. The molecule has 1 saturated carbocycles. The van der Waals surface area contributed by atoms with E-state index in [2.05, 4.69) is 20.8 Å². The van der Waals surface area contributed by atoms with Gasteiger partial charge in [-0.15, -0.1) is 0 Å². The maximum Gasteiger partial charge on any atom is 0.157 e. The first-order valence-corrected chi connectivity index (χ1v) is 6.40. The average Bonchev–Trinajstić information content (AvgIpc) is 2.82. The predicted molar refractivity (Wildman–Crippen MR) is 67.5 cm³/mol. The van der Waals surface area contributed by atoms with Gasteiger partial charge in [-0.3, -0.25) is 0 Å². The molecule has 0 radical (unpaired) electrons. The van der Waals surface area contributed by atoms with Crippen LogP contribution in [0.3, 0.4) is 0 Å². The highest BCUT2D eigenvalue weighted by Crippen LogP contribution is 2.29. The molecule has 4 nitrogen and oxygen atoms in total. The lowest BCUT2D eigenvalue weighted by molar-refractivity contribution is 0.336. The molecule has 1 aliphatic carbocycles. The summed E-state index contributed by atoms with van der Waals surface area (Å²) in [6.07, 6.45) is 10.2. The number of hydrogen-bond donors (Lipinski definition) is 1. The normalized spacial score (nSPS) is 17.7. The van der Waals surface area contributed by atoms with Gasteiger partial charge in [-0.05, 0) is 24.5 Å². The van der Waals surface area contributed by atoms with E-state index < -0.39 is 0 Å². The van der Waals surface area contributed by atoms with Crippen LogP contribution in [0, 0.1) is 0 Å². The predicted octanol–water partition coefficient (Wildman–Crippen LogP) is 2.40. The van der Waals surface area contributed by atoms with Crippen molar-refractivity contribution in [1.82, 2.24) is 14.8 Å².